The molecule has 0 aliphatic carbocycles. The second-order valence-corrected chi connectivity index (χ2v) is 5.94. The molecule has 0 radical (unpaired) electrons. The van der Waals surface area contributed by atoms with Crippen LogP contribution < -0.4 is 5.32 Å². The minimum atomic E-state index is -0.572. The van der Waals surface area contributed by atoms with Crippen LogP contribution in [-0.4, -0.2) is 53.6 Å². The lowest BCUT2D eigenvalue weighted by Gasteiger charge is -2.07. The number of ether oxygens (including phenoxy) is 1. The largest absolute Gasteiger partial charge is 0.464 e. The predicted molar refractivity (Wildman–Crippen MR) is 89.7 cm³/mol. The molecule has 1 aromatic carbocycles. The maximum Gasteiger partial charge on any atom is 0.362 e. The third-order valence-corrected chi connectivity index (χ3v) is 3.34. The minimum absolute atomic E-state index is 0.0994. The molecule has 0 atom stereocenters. The number of carbonyl (C=O) groups excluding carboxylic acids is 1. The van der Waals surface area contributed by atoms with E-state index in [4.69, 9.17) is 27.9 Å². The van der Waals surface area contributed by atoms with Crippen LogP contribution in [0.5, 0.6) is 0 Å². The molecule has 2 aromatic rings. The number of nitrogens with one attached hydrogen (secondary N) is 1. The van der Waals surface area contributed by atoms with Crippen molar-refractivity contribution in [3.63, 3.8) is 0 Å². The van der Waals surface area contributed by atoms with Crippen molar-refractivity contribution < 1.29 is 9.53 Å². The highest BCUT2D eigenvalue weighted by atomic mass is 35.5. The van der Waals surface area contributed by atoms with Gasteiger partial charge in [0.2, 0.25) is 5.69 Å². The fourth-order valence-corrected chi connectivity index (χ4v) is 2.34. The topological polar surface area (TPSA) is 72.3 Å². The number of likely N-dealkylation sites (N-methyl/N-ethyl adjacent to an activating group) is 1. The van der Waals surface area contributed by atoms with Gasteiger partial charge in [-0.25, -0.2) is 4.79 Å². The Morgan fingerprint density at radius 3 is 2.48 bits per heavy atom. The number of nitrogens with zero attached hydrogens (tertiary/aromatic N) is 4. The zero-order valence-electron chi connectivity index (χ0n) is 13.0. The van der Waals surface area contributed by atoms with Gasteiger partial charge in [-0.1, -0.05) is 23.2 Å². The Labute approximate surface area is 144 Å². The van der Waals surface area contributed by atoms with Crippen LogP contribution in [-0.2, 0) is 11.3 Å². The molecule has 0 fully saturated rings. The molecule has 0 aliphatic heterocycles. The second-order valence-electron chi connectivity index (χ2n) is 5.07. The van der Waals surface area contributed by atoms with E-state index in [2.05, 4.69) is 15.5 Å². The molecule has 0 spiro atoms. The standard InChI is InChI=1S/C14H17Cl2N5O2/c1-20(2)4-5-21-18-12(14(22)23-3)13(19-21)17-11-7-9(15)6-10(16)8-11/h6-8H,4-5H2,1-3H3,(H,17,19). The maximum absolute atomic E-state index is 11.9. The molecule has 124 valence electrons. The van der Waals surface area contributed by atoms with Crippen molar-refractivity contribution in [3.05, 3.63) is 33.9 Å². The summed E-state index contributed by atoms with van der Waals surface area (Å²) in [5, 5.41) is 12.4. The summed E-state index contributed by atoms with van der Waals surface area (Å²) in [6, 6.07) is 4.96. The van der Waals surface area contributed by atoms with Crippen molar-refractivity contribution in [2.24, 2.45) is 0 Å². The molecule has 0 amide bonds. The van der Waals surface area contributed by atoms with E-state index in [1.807, 2.05) is 19.0 Å². The van der Waals surface area contributed by atoms with Crippen LogP contribution in [0, 0.1) is 0 Å². The smallest absolute Gasteiger partial charge is 0.362 e. The van der Waals surface area contributed by atoms with Crippen molar-refractivity contribution in [3.8, 4) is 0 Å². The molecule has 1 aromatic heterocycles. The van der Waals surface area contributed by atoms with Crippen LogP contribution in [0.4, 0.5) is 11.5 Å². The van der Waals surface area contributed by atoms with E-state index < -0.39 is 5.97 Å². The molecule has 1 heterocycles. The highest BCUT2D eigenvalue weighted by Crippen LogP contribution is 2.25. The number of hydrogen-bond acceptors (Lipinski definition) is 6. The fraction of sp³-hybridized carbons (Fsp3) is 0.357. The minimum Gasteiger partial charge on any atom is -0.464 e. The summed E-state index contributed by atoms with van der Waals surface area (Å²) in [4.78, 5) is 15.3. The van der Waals surface area contributed by atoms with Crippen LogP contribution in [0.1, 0.15) is 10.5 Å². The van der Waals surface area contributed by atoms with Gasteiger partial charge in [0.15, 0.2) is 5.82 Å². The van der Waals surface area contributed by atoms with E-state index in [-0.39, 0.29) is 11.5 Å². The van der Waals surface area contributed by atoms with Crippen molar-refractivity contribution in [2.45, 2.75) is 6.54 Å². The van der Waals surface area contributed by atoms with Crippen LogP contribution in [0.15, 0.2) is 18.2 Å². The summed E-state index contributed by atoms with van der Waals surface area (Å²) in [7, 11) is 5.18. The first kappa shape index (κ1) is 17.5. The fourth-order valence-electron chi connectivity index (χ4n) is 1.82. The van der Waals surface area contributed by atoms with Gasteiger partial charge in [-0.3, -0.25) is 0 Å². The Kier molecular flexibility index (Phi) is 5.81. The van der Waals surface area contributed by atoms with E-state index >= 15 is 0 Å². The average molecular weight is 358 g/mol. The molecule has 23 heavy (non-hydrogen) atoms. The maximum atomic E-state index is 11.9. The third-order valence-electron chi connectivity index (χ3n) is 2.91. The molecule has 0 saturated heterocycles. The number of carbonyl (C=O) groups is 1. The Morgan fingerprint density at radius 2 is 1.91 bits per heavy atom. The van der Waals surface area contributed by atoms with E-state index in [9.17, 15) is 4.79 Å². The lowest BCUT2D eigenvalue weighted by atomic mass is 10.3. The molecule has 1 N–H and O–H groups in total. The molecule has 9 heteroatoms. The van der Waals surface area contributed by atoms with Crippen LogP contribution in [0.25, 0.3) is 0 Å². The number of rotatable bonds is 6. The van der Waals surface area contributed by atoms with Crippen LogP contribution in [0.3, 0.4) is 0 Å². The van der Waals surface area contributed by atoms with Crippen molar-refractivity contribution in [1.29, 1.82) is 0 Å². The Morgan fingerprint density at radius 1 is 1.26 bits per heavy atom. The number of anilines is 2. The first-order chi connectivity index (χ1) is 10.9. The monoisotopic (exact) mass is 357 g/mol. The van der Waals surface area contributed by atoms with Gasteiger partial charge in [-0.15, -0.1) is 10.2 Å². The Hall–Kier alpha value is -1.83. The van der Waals surface area contributed by atoms with E-state index in [0.29, 0.717) is 22.3 Å². The molecule has 0 bridgehead atoms. The predicted octanol–water partition coefficient (Wildman–Crippen LogP) is 2.68. The van der Waals surface area contributed by atoms with E-state index in [1.54, 1.807) is 18.2 Å². The van der Waals surface area contributed by atoms with Crippen molar-refractivity contribution in [1.82, 2.24) is 19.9 Å². The summed E-state index contributed by atoms with van der Waals surface area (Å²) in [5.41, 5.74) is 0.703. The first-order valence-corrected chi connectivity index (χ1v) is 7.56. The zero-order chi connectivity index (χ0) is 17.0. The Balaban J connectivity index is 2.29. The molecule has 0 saturated carbocycles. The molecular weight excluding hydrogens is 341 g/mol. The zero-order valence-corrected chi connectivity index (χ0v) is 14.5. The van der Waals surface area contributed by atoms with Crippen molar-refractivity contribution >= 4 is 40.7 Å². The van der Waals surface area contributed by atoms with Gasteiger partial charge in [0.05, 0.1) is 13.7 Å². The highest BCUT2D eigenvalue weighted by molar-refractivity contribution is 6.35. The number of halogens is 2. The molecule has 0 unspecified atom stereocenters. The summed E-state index contributed by atoms with van der Waals surface area (Å²) in [6.07, 6.45) is 0. The van der Waals surface area contributed by atoms with E-state index in [1.165, 1.54) is 11.9 Å². The van der Waals surface area contributed by atoms with Gasteiger partial charge in [0.1, 0.15) is 0 Å². The normalized spacial score (nSPS) is 10.9. The number of aromatic nitrogens is 3. The average Bonchev–Trinajstić information content (AvgIpc) is 2.86. The number of hydrogen-bond donors (Lipinski definition) is 1. The lowest BCUT2D eigenvalue weighted by Crippen LogP contribution is -2.20. The summed E-state index contributed by atoms with van der Waals surface area (Å²) in [6.45, 7) is 1.27. The third kappa shape index (κ3) is 4.82. The summed E-state index contributed by atoms with van der Waals surface area (Å²) >= 11 is 11.9. The SMILES string of the molecule is COC(=O)c1nn(CCN(C)C)nc1Nc1cc(Cl)cc(Cl)c1. The first-order valence-electron chi connectivity index (χ1n) is 6.80. The molecular formula is C14H17Cl2N5O2. The summed E-state index contributed by atoms with van der Waals surface area (Å²) in [5.74, 6) is -0.286. The Bertz CT molecular complexity index is 682. The van der Waals surface area contributed by atoms with Gasteiger partial charge in [-0.05, 0) is 32.3 Å². The second kappa shape index (κ2) is 7.63. The van der Waals surface area contributed by atoms with Gasteiger partial charge in [0.25, 0.3) is 0 Å². The van der Waals surface area contributed by atoms with Gasteiger partial charge >= 0.3 is 5.97 Å². The van der Waals surface area contributed by atoms with Gasteiger partial charge < -0.3 is 15.0 Å². The van der Waals surface area contributed by atoms with Gasteiger partial charge in [0, 0.05) is 22.3 Å². The summed E-state index contributed by atoms with van der Waals surface area (Å²) < 4.78 is 4.74. The quantitative estimate of drug-likeness (QED) is 0.801. The highest BCUT2D eigenvalue weighted by Gasteiger charge is 2.20. The molecule has 2 rings (SSSR count). The number of esters is 1. The van der Waals surface area contributed by atoms with E-state index in [0.717, 1.165) is 6.54 Å². The van der Waals surface area contributed by atoms with Crippen LogP contribution in [0.2, 0.25) is 10.0 Å². The number of benzene rings is 1. The van der Waals surface area contributed by atoms with Crippen molar-refractivity contribution in [2.75, 3.05) is 33.1 Å². The van der Waals surface area contributed by atoms with Crippen LogP contribution >= 0.6 is 23.2 Å². The number of methoxy groups -OCH3 is 1. The lowest BCUT2D eigenvalue weighted by molar-refractivity contribution is 0.0594. The van der Waals surface area contributed by atoms with Gasteiger partial charge in [-0.2, -0.15) is 4.80 Å². The molecule has 0 aliphatic rings. The molecule has 7 nitrogen and oxygen atoms in total.